The third-order valence-corrected chi connectivity index (χ3v) is 3.47. The zero-order chi connectivity index (χ0) is 9.00. The first-order valence-electron chi connectivity index (χ1n) is 4.99. The summed E-state index contributed by atoms with van der Waals surface area (Å²) in [5.74, 6) is 0. The number of carbonyl (C=O) groups excluding carboxylic acids is 1. The quantitative estimate of drug-likeness (QED) is 0.587. The van der Waals surface area contributed by atoms with Gasteiger partial charge in [0.15, 0.2) is 0 Å². The largest absolute Gasteiger partial charge is 0.444 e. The number of hydrogen-bond donors (Lipinski definition) is 1. The molecule has 4 atom stereocenters. The molecule has 4 nitrogen and oxygen atoms in total. The van der Waals surface area contributed by atoms with Gasteiger partial charge in [-0.05, 0) is 19.8 Å². The maximum absolute atomic E-state index is 11.4. The van der Waals surface area contributed by atoms with Crippen LogP contribution in [0.2, 0.25) is 0 Å². The first-order chi connectivity index (χ1) is 6.25. The number of nitrogens with zero attached hydrogens (tertiary/aromatic N) is 1. The Balaban J connectivity index is 1.92. The number of hydrogen-bond acceptors (Lipinski definition) is 3. The molecular weight excluding hydrogens is 168 g/mol. The fraction of sp³-hybridized carbons (Fsp3) is 0.889. The molecule has 3 aliphatic rings. The van der Waals surface area contributed by atoms with Crippen LogP contribution in [0.3, 0.4) is 0 Å². The summed E-state index contributed by atoms with van der Waals surface area (Å²) in [6, 6.07) is 1.27. The lowest BCUT2D eigenvalue weighted by Gasteiger charge is -2.34. The number of nitrogens with one attached hydrogen (secondary N) is 1. The maximum atomic E-state index is 11.4. The monoisotopic (exact) mass is 182 g/mol. The highest BCUT2D eigenvalue weighted by molar-refractivity contribution is 5.71. The van der Waals surface area contributed by atoms with Gasteiger partial charge in [0, 0.05) is 18.6 Å². The van der Waals surface area contributed by atoms with Crippen LogP contribution in [0.15, 0.2) is 0 Å². The van der Waals surface area contributed by atoms with Gasteiger partial charge in [-0.3, -0.25) is 4.90 Å². The zero-order valence-corrected chi connectivity index (χ0v) is 7.69. The average Bonchev–Trinajstić information content (AvgIpc) is 2.58. The summed E-state index contributed by atoms with van der Waals surface area (Å²) in [5.41, 5.74) is 0. The minimum atomic E-state index is -0.115. The molecule has 0 saturated carbocycles. The molecule has 1 N–H and O–H groups in total. The Morgan fingerprint density at radius 3 is 3.23 bits per heavy atom. The van der Waals surface area contributed by atoms with E-state index in [4.69, 9.17) is 4.74 Å². The third kappa shape index (κ3) is 0.921. The van der Waals surface area contributed by atoms with Gasteiger partial charge in [0.2, 0.25) is 0 Å². The minimum Gasteiger partial charge on any atom is -0.444 e. The van der Waals surface area contributed by atoms with E-state index in [0.29, 0.717) is 12.1 Å². The molecule has 13 heavy (non-hydrogen) atoms. The van der Waals surface area contributed by atoms with Crippen LogP contribution in [-0.4, -0.2) is 41.8 Å². The van der Waals surface area contributed by atoms with Crippen molar-refractivity contribution >= 4 is 6.09 Å². The molecule has 0 aromatic rings. The van der Waals surface area contributed by atoms with Crippen LogP contribution >= 0.6 is 0 Å². The minimum absolute atomic E-state index is 0.0593. The summed E-state index contributed by atoms with van der Waals surface area (Å²) in [7, 11) is 0. The Labute approximate surface area is 77.2 Å². The number of fused-ring (bicyclic) bond motifs is 4. The molecule has 3 fully saturated rings. The summed E-state index contributed by atoms with van der Waals surface area (Å²) in [4.78, 5) is 13.3. The van der Waals surface area contributed by atoms with E-state index in [1.807, 2.05) is 11.8 Å². The Morgan fingerprint density at radius 2 is 2.38 bits per heavy atom. The Morgan fingerprint density at radius 1 is 1.54 bits per heavy atom. The van der Waals surface area contributed by atoms with Crippen molar-refractivity contribution in [3.8, 4) is 0 Å². The van der Waals surface area contributed by atoms with Gasteiger partial charge in [0.25, 0.3) is 0 Å². The summed E-state index contributed by atoms with van der Waals surface area (Å²) < 4.78 is 5.21. The van der Waals surface area contributed by atoms with Crippen LogP contribution in [0.5, 0.6) is 0 Å². The first-order valence-corrected chi connectivity index (χ1v) is 4.99. The van der Waals surface area contributed by atoms with Crippen LogP contribution in [0.4, 0.5) is 4.79 Å². The molecule has 0 aromatic carbocycles. The van der Waals surface area contributed by atoms with Crippen LogP contribution < -0.4 is 5.32 Å². The molecular formula is C9H14N2O2. The molecule has 0 spiro atoms. The van der Waals surface area contributed by atoms with Crippen LogP contribution in [0.25, 0.3) is 0 Å². The molecule has 3 rings (SSSR count). The van der Waals surface area contributed by atoms with E-state index in [1.54, 1.807) is 0 Å². The number of cyclic esters (lactones) is 1. The summed E-state index contributed by atoms with van der Waals surface area (Å²) in [6.07, 6.45) is 2.34. The van der Waals surface area contributed by atoms with Crippen molar-refractivity contribution in [2.45, 2.75) is 44.0 Å². The lowest BCUT2D eigenvalue weighted by molar-refractivity contribution is 0.136. The summed E-state index contributed by atoms with van der Waals surface area (Å²) >= 11 is 0. The molecule has 0 aliphatic carbocycles. The third-order valence-electron chi connectivity index (χ3n) is 3.47. The number of rotatable bonds is 0. The van der Waals surface area contributed by atoms with Crippen LogP contribution in [-0.2, 0) is 4.74 Å². The lowest BCUT2D eigenvalue weighted by atomic mass is 10.0. The normalized spacial score (nSPS) is 47.8. The van der Waals surface area contributed by atoms with Gasteiger partial charge in [-0.25, -0.2) is 4.79 Å². The molecule has 72 valence electrons. The fourth-order valence-electron chi connectivity index (χ4n) is 2.91. The van der Waals surface area contributed by atoms with Gasteiger partial charge in [0.05, 0.1) is 6.04 Å². The molecule has 3 saturated heterocycles. The predicted molar refractivity (Wildman–Crippen MR) is 46.4 cm³/mol. The van der Waals surface area contributed by atoms with E-state index in [1.165, 1.54) is 12.8 Å². The zero-order valence-electron chi connectivity index (χ0n) is 7.69. The van der Waals surface area contributed by atoms with E-state index in [2.05, 4.69) is 5.32 Å². The smallest absolute Gasteiger partial charge is 0.410 e. The van der Waals surface area contributed by atoms with Gasteiger partial charge in [-0.1, -0.05) is 0 Å². The fourth-order valence-corrected chi connectivity index (χ4v) is 2.91. The number of ether oxygens (including phenoxy) is 1. The molecule has 4 heteroatoms. The van der Waals surface area contributed by atoms with Crippen LogP contribution in [0, 0.1) is 0 Å². The highest BCUT2D eigenvalue weighted by Gasteiger charge is 2.50. The van der Waals surface area contributed by atoms with Gasteiger partial charge < -0.3 is 10.1 Å². The van der Waals surface area contributed by atoms with E-state index < -0.39 is 0 Å². The SMILES string of the molecule is C[C@@H]1OC(=O)N2C[C@@H]3CC[C@@H](N3)[C@@H]12. The number of carbonyl (C=O) groups is 1. The standard InChI is InChI=1S/C9H14N2O2/c1-5-8-7-3-2-6(10-7)4-11(8)9(12)13-5/h5-8,10H,2-4H2,1H3/t5-,6-,7+,8+/m0/s1. The summed E-state index contributed by atoms with van der Waals surface area (Å²) in [6.45, 7) is 2.83. The van der Waals surface area contributed by atoms with Crippen molar-refractivity contribution in [1.82, 2.24) is 10.2 Å². The van der Waals surface area contributed by atoms with Gasteiger partial charge in [0.1, 0.15) is 6.10 Å². The van der Waals surface area contributed by atoms with E-state index >= 15 is 0 Å². The van der Waals surface area contributed by atoms with Crippen molar-refractivity contribution in [2.75, 3.05) is 6.54 Å². The predicted octanol–water partition coefficient (Wildman–Crippen LogP) is 0.330. The first kappa shape index (κ1) is 7.62. The molecule has 1 amide bonds. The molecule has 0 aromatic heterocycles. The van der Waals surface area contributed by atoms with Crippen molar-refractivity contribution in [3.05, 3.63) is 0 Å². The molecule has 0 radical (unpaired) electrons. The van der Waals surface area contributed by atoms with E-state index in [0.717, 1.165) is 6.54 Å². The summed E-state index contributed by atoms with van der Waals surface area (Å²) in [5, 5.41) is 3.54. The second kappa shape index (κ2) is 2.38. The lowest BCUT2D eigenvalue weighted by Crippen LogP contribution is -2.58. The van der Waals surface area contributed by atoms with Gasteiger partial charge in [-0.15, -0.1) is 0 Å². The van der Waals surface area contributed by atoms with E-state index in [-0.39, 0.29) is 18.2 Å². The average molecular weight is 182 g/mol. The molecule has 2 bridgehead atoms. The van der Waals surface area contributed by atoms with Gasteiger partial charge >= 0.3 is 6.09 Å². The van der Waals surface area contributed by atoms with Crippen molar-refractivity contribution < 1.29 is 9.53 Å². The van der Waals surface area contributed by atoms with Crippen LogP contribution in [0.1, 0.15) is 19.8 Å². The second-order valence-electron chi connectivity index (χ2n) is 4.28. The topological polar surface area (TPSA) is 41.6 Å². The maximum Gasteiger partial charge on any atom is 0.410 e. The highest BCUT2D eigenvalue weighted by Crippen LogP contribution is 2.32. The Bertz CT molecular complexity index is 256. The molecule has 0 unspecified atom stereocenters. The van der Waals surface area contributed by atoms with Crippen molar-refractivity contribution in [1.29, 1.82) is 0 Å². The molecule has 3 aliphatic heterocycles. The highest BCUT2D eigenvalue weighted by atomic mass is 16.6. The number of piperazine rings is 1. The molecule has 3 heterocycles. The second-order valence-corrected chi connectivity index (χ2v) is 4.28. The van der Waals surface area contributed by atoms with Crippen molar-refractivity contribution in [3.63, 3.8) is 0 Å². The number of amides is 1. The van der Waals surface area contributed by atoms with Gasteiger partial charge in [-0.2, -0.15) is 0 Å². The Hall–Kier alpha value is -0.770. The Kier molecular flexibility index (Phi) is 1.39. The van der Waals surface area contributed by atoms with E-state index in [9.17, 15) is 4.79 Å². The van der Waals surface area contributed by atoms with Crippen molar-refractivity contribution in [2.24, 2.45) is 0 Å².